The summed E-state index contributed by atoms with van der Waals surface area (Å²) < 4.78 is 2.28. The molecule has 8 rings (SSSR count). The van der Waals surface area contributed by atoms with Crippen LogP contribution in [0.4, 0.5) is 0 Å². The number of hydrogen-bond donors (Lipinski definition) is 0. The molecule has 2 aliphatic rings. The van der Waals surface area contributed by atoms with E-state index < -0.39 is 0 Å². The minimum Gasteiger partial charge on any atom is -0.308 e. The van der Waals surface area contributed by atoms with Crippen molar-refractivity contribution in [3.05, 3.63) is 133 Å². The first-order valence-corrected chi connectivity index (χ1v) is 15.7. The number of benzene rings is 4. The van der Waals surface area contributed by atoms with E-state index in [9.17, 15) is 0 Å². The Kier molecular flexibility index (Phi) is 5.69. The summed E-state index contributed by atoms with van der Waals surface area (Å²) >= 11 is 3.77. The number of nitrogens with zero attached hydrogens (tertiary/aromatic N) is 2. The zero-order valence-electron chi connectivity index (χ0n) is 23.5. The van der Waals surface area contributed by atoms with Gasteiger partial charge in [-0.3, -0.25) is 4.98 Å². The van der Waals surface area contributed by atoms with Gasteiger partial charge in [-0.25, -0.2) is 0 Å². The summed E-state index contributed by atoms with van der Waals surface area (Å²) in [6.07, 6.45) is 5.87. The van der Waals surface area contributed by atoms with E-state index in [0.29, 0.717) is 0 Å². The van der Waals surface area contributed by atoms with Crippen LogP contribution in [0.15, 0.2) is 130 Å². The van der Waals surface area contributed by atoms with Gasteiger partial charge >= 0.3 is 0 Å². The molecule has 2 aromatic heterocycles. The van der Waals surface area contributed by atoms with Crippen LogP contribution in [0.2, 0.25) is 0 Å². The summed E-state index contributed by atoms with van der Waals surface area (Å²) in [4.78, 5) is 10.2. The lowest BCUT2D eigenvalue weighted by atomic mass is 9.82. The SMILES string of the molecule is C=Cc1c(C=C)n(-c2ccc(-c3ccccc3)nc2)c2cc3c(cc12)C(C)(C)c1cc2c(cc1-3)Sc1ccccc1S2. The molecule has 6 aromatic rings. The summed E-state index contributed by atoms with van der Waals surface area (Å²) in [7, 11) is 0. The fraction of sp³-hybridized carbons (Fsp3) is 0.0789. The lowest BCUT2D eigenvalue weighted by molar-refractivity contribution is 0.658. The molecule has 0 radical (unpaired) electrons. The Morgan fingerprint density at radius 2 is 1.38 bits per heavy atom. The van der Waals surface area contributed by atoms with Crippen molar-refractivity contribution >= 4 is 46.6 Å². The van der Waals surface area contributed by atoms with Crippen LogP contribution in [0.1, 0.15) is 36.2 Å². The summed E-state index contributed by atoms with van der Waals surface area (Å²) in [6, 6.07) is 32.9. The third kappa shape index (κ3) is 3.65. The fourth-order valence-electron chi connectivity index (χ4n) is 6.57. The fourth-order valence-corrected chi connectivity index (χ4v) is 8.85. The maximum atomic E-state index is 4.85. The highest BCUT2D eigenvalue weighted by molar-refractivity contribution is 8.05. The van der Waals surface area contributed by atoms with Gasteiger partial charge in [0.15, 0.2) is 0 Å². The number of fused-ring (bicyclic) bond motifs is 6. The third-order valence-electron chi connectivity index (χ3n) is 8.67. The molecule has 0 saturated carbocycles. The molecule has 4 aromatic carbocycles. The lowest BCUT2D eigenvalue weighted by Crippen LogP contribution is -2.15. The zero-order chi connectivity index (χ0) is 28.6. The summed E-state index contributed by atoms with van der Waals surface area (Å²) in [5.41, 5.74) is 11.6. The van der Waals surface area contributed by atoms with Crippen molar-refractivity contribution < 1.29 is 0 Å². The van der Waals surface area contributed by atoms with Crippen molar-refractivity contribution in [1.82, 2.24) is 9.55 Å². The first-order chi connectivity index (χ1) is 20.5. The Morgan fingerprint density at radius 3 is 2.05 bits per heavy atom. The average molecular weight is 577 g/mol. The van der Waals surface area contributed by atoms with Crippen molar-refractivity contribution in [3.8, 4) is 28.1 Å². The van der Waals surface area contributed by atoms with E-state index in [0.717, 1.165) is 33.7 Å². The predicted octanol–water partition coefficient (Wildman–Crippen LogP) is 10.9. The summed E-state index contributed by atoms with van der Waals surface area (Å²) in [5.74, 6) is 0. The largest absolute Gasteiger partial charge is 0.308 e. The minimum absolute atomic E-state index is 0.121. The van der Waals surface area contributed by atoms with Crippen LogP contribution in [0.5, 0.6) is 0 Å². The molecule has 2 nitrogen and oxygen atoms in total. The second-order valence-corrected chi connectivity index (χ2v) is 13.5. The molecule has 42 heavy (non-hydrogen) atoms. The molecule has 0 N–H and O–H groups in total. The van der Waals surface area contributed by atoms with Gasteiger partial charge in [-0.15, -0.1) is 0 Å². The van der Waals surface area contributed by atoms with Gasteiger partial charge in [-0.05, 0) is 76.9 Å². The van der Waals surface area contributed by atoms with Crippen molar-refractivity contribution in [1.29, 1.82) is 0 Å². The molecule has 0 amide bonds. The molecular formula is C38H28N2S2. The molecule has 0 fully saturated rings. The highest BCUT2D eigenvalue weighted by Gasteiger charge is 2.38. The van der Waals surface area contributed by atoms with Crippen LogP contribution in [0.25, 0.3) is 51.1 Å². The van der Waals surface area contributed by atoms with Gasteiger partial charge < -0.3 is 4.57 Å². The van der Waals surface area contributed by atoms with Gasteiger partial charge in [-0.2, -0.15) is 0 Å². The Bertz CT molecular complexity index is 2080. The topological polar surface area (TPSA) is 17.8 Å². The standard InChI is InChI=1S/C38H28N2S2/c1-5-25-28-18-29-26(27-20-36-37(21-30(27)38(29,3)4)42-35-15-11-10-14-34(35)41-36)19-33(28)40(32(25)6-2)24-16-17-31(39-22-24)23-12-8-7-9-13-23/h5-22H,1-2H2,3-4H3. The monoisotopic (exact) mass is 576 g/mol. The average Bonchev–Trinajstić information content (AvgIpc) is 3.45. The van der Waals surface area contributed by atoms with E-state index >= 15 is 0 Å². The Balaban J connectivity index is 1.33. The van der Waals surface area contributed by atoms with E-state index in [4.69, 9.17) is 4.98 Å². The van der Waals surface area contributed by atoms with Crippen molar-refractivity contribution in [2.75, 3.05) is 0 Å². The van der Waals surface area contributed by atoms with Crippen LogP contribution in [-0.2, 0) is 5.41 Å². The third-order valence-corrected chi connectivity index (χ3v) is 11.2. The second kappa shape index (κ2) is 9.38. The summed E-state index contributed by atoms with van der Waals surface area (Å²) in [6.45, 7) is 13.1. The Hall–Kier alpha value is -4.25. The minimum atomic E-state index is -0.121. The van der Waals surface area contributed by atoms with E-state index in [2.05, 4.69) is 104 Å². The molecule has 202 valence electrons. The van der Waals surface area contributed by atoms with Crippen LogP contribution in [-0.4, -0.2) is 9.55 Å². The molecule has 0 unspecified atom stereocenters. The van der Waals surface area contributed by atoms with Crippen LogP contribution < -0.4 is 0 Å². The van der Waals surface area contributed by atoms with E-state index in [-0.39, 0.29) is 5.41 Å². The van der Waals surface area contributed by atoms with Crippen LogP contribution in [0, 0.1) is 0 Å². The van der Waals surface area contributed by atoms with Crippen LogP contribution >= 0.6 is 23.5 Å². The Morgan fingerprint density at radius 1 is 0.714 bits per heavy atom. The van der Waals surface area contributed by atoms with Gasteiger partial charge in [0.2, 0.25) is 0 Å². The molecule has 0 bridgehead atoms. The molecule has 4 heteroatoms. The van der Waals surface area contributed by atoms with Crippen LogP contribution in [0.3, 0.4) is 0 Å². The molecule has 3 heterocycles. The normalized spacial score (nSPS) is 14.1. The number of rotatable bonds is 4. The molecule has 1 aliphatic carbocycles. The van der Waals surface area contributed by atoms with Crippen molar-refractivity contribution in [2.24, 2.45) is 0 Å². The summed E-state index contributed by atoms with van der Waals surface area (Å²) in [5, 5.41) is 1.19. The first kappa shape index (κ1) is 25.5. The predicted molar refractivity (Wildman–Crippen MR) is 179 cm³/mol. The maximum Gasteiger partial charge on any atom is 0.0703 e. The number of hydrogen-bond acceptors (Lipinski definition) is 3. The zero-order valence-corrected chi connectivity index (χ0v) is 25.2. The van der Waals surface area contributed by atoms with Crippen molar-refractivity contribution in [2.45, 2.75) is 38.8 Å². The second-order valence-electron chi connectivity index (χ2n) is 11.3. The Labute approximate surface area is 254 Å². The number of pyridine rings is 1. The van der Waals surface area contributed by atoms with Gasteiger partial charge in [0.05, 0.1) is 28.8 Å². The molecule has 0 saturated heterocycles. The van der Waals surface area contributed by atoms with Gasteiger partial charge in [0, 0.05) is 41.5 Å². The molecular weight excluding hydrogens is 549 g/mol. The van der Waals surface area contributed by atoms with E-state index in [1.54, 1.807) is 0 Å². The molecule has 1 aliphatic heterocycles. The maximum absolute atomic E-state index is 4.85. The highest BCUT2D eigenvalue weighted by Crippen LogP contribution is 2.56. The van der Waals surface area contributed by atoms with E-state index in [1.807, 2.05) is 60.1 Å². The highest BCUT2D eigenvalue weighted by atomic mass is 32.2. The molecule has 0 atom stereocenters. The van der Waals surface area contributed by atoms with Gasteiger partial charge in [0.1, 0.15) is 0 Å². The van der Waals surface area contributed by atoms with Gasteiger partial charge in [0.25, 0.3) is 0 Å². The smallest absolute Gasteiger partial charge is 0.0703 e. The van der Waals surface area contributed by atoms with E-state index in [1.165, 1.54) is 47.2 Å². The number of aromatic nitrogens is 2. The van der Waals surface area contributed by atoms with Gasteiger partial charge in [-0.1, -0.05) is 99.1 Å². The first-order valence-electron chi connectivity index (χ1n) is 14.1. The lowest BCUT2D eigenvalue weighted by Gasteiger charge is -2.24. The van der Waals surface area contributed by atoms with Crippen molar-refractivity contribution in [3.63, 3.8) is 0 Å². The molecule has 0 spiro atoms. The quantitative estimate of drug-likeness (QED) is 0.208.